The minimum absolute atomic E-state index is 0.0500. The topological polar surface area (TPSA) is 103 Å². The molecule has 2 rings (SSSR count). The first kappa shape index (κ1) is 23.5. The molecule has 0 aliphatic heterocycles. The van der Waals surface area contributed by atoms with Gasteiger partial charge in [0.05, 0.1) is 31.6 Å². The summed E-state index contributed by atoms with van der Waals surface area (Å²) in [4.78, 5) is 11.9. The average Bonchev–Trinajstić information content (AvgIpc) is 2.73. The van der Waals surface area contributed by atoms with Crippen LogP contribution in [-0.4, -0.2) is 47.9 Å². The molecule has 0 saturated carbocycles. The molecule has 0 bridgehead atoms. The number of nitrogens with one attached hydrogen (secondary N) is 2. The van der Waals surface area contributed by atoms with Crippen molar-refractivity contribution in [2.45, 2.75) is 31.3 Å². The number of rotatable bonds is 11. The van der Waals surface area contributed by atoms with Gasteiger partial charge in [-0.3, -0.25) is 4.72 Å². The molecule has 0 aromatic heterocycles. The molecule has 8 nitrogen and oxygen atoms in total. The molecule has 0 amide bonds. The van der Waals surface area contributed by atoms with Crippen molar-refractivity contribution in [3.05, 3.63) is 48.0 Å². The first-order valence-electron chi connectivity index (χ1n) is 9.51. The molecule has 2 aromatic rings. The van der Waals surface area contributed by atoms with Crippen LogP contribution in [0.3, 0.4) is 0 Å². The van der Waals surface area contributed by atoms with E-state index in [-0.39, 0.29) is 16.6 Å². The largest absolute Gasteiger partial charge is 0.497 e. The molecule has 0 unspecified atom stereocenters. The molecular formula is C21H28N2O6S. The number of carbonyl (C=O) groups is 1. The number of benzene rings is 2. The minimum Gasteiger partial charge on any atom is -0.497 e. The first-order valence-corrected chi connectivity index (χ1v) is 11.0. The van der Waals surface area contributed by atoms with Crippen molar-refractivity contribution in [2.75, 3.05) is 37.4 Å². The lowest BCUT2D eigenvalue weighted by Gasteiger charge is -2.15. The van der Waals surface area contributed by atoms with Gasteiger partial charge in [0.25, 0.3) is 10.0 Å². The van der Waals surface area contributed by atoms with E-state index in [1.807, 2.05) is 13.8 Å². The third kappa shape index (κ3) is 6.64. The molecule has 2 N–H and O–H groups in total. The molecule has 0 aliphatic rings. The molecule has 0 radical (unpaired) electrons. The van der Waals surface area contributed by atoms with E-state index in [9.17, 15) is 13.2 Å². The van der Waals surface area contributed by atoms with Gasteiger partial charge in [0, 0.05) is 18.8 Å². The van der Waals surface area contributed by atoms with Crippen LogP contribution < -0.4 is 14.8 Å². The molecule has 2 aromatic carbocycles. The summed E-state index contributed by atoms with van der Waals surface area (Å²) < 4.78 is 43.9. The van der Waals surface area contributed by atoms with Crippen LogP contribution in [0.5, 0.6) is 5.75 Å². The van der Waals surface area contributed by atoms with Crippen LogP contribution >= 0.6 is 0 Å². The summed E-state index contributed by atoms with van der Waals surface area (Å²) in [5.74, 6) is -0.00982. The number of esters is 1. The van der Waals surface area contributed by atoms with Crippen LogP contribution in [0.4, 0.5) is 11.4 Å². The van der Waals surface area contributed by atoms with Crippen LogP contribution in [0.1, 0.15) is 30.6 Å². The summed E-state index contributed by atoms with van der Waals surface area (Å²) in [6, 6.07) is 10.9. The molecule has 0 fully saturated rings. The van der Waals surface area contributed by atoms with Gasteiger partial charge in [-0.2, -0.15) is 0 Å². The van der Waals surface area contributed by atoms with Gasteiger partial charge < -0.3 is 19.5 Å². The second kappa shape index (κ2) is 10.8. The second-order valence-electron chi connectivity index (χ2n) is 6.74. The molecule has 0 aliphatic carbocycles. The van der Waals surface area contributed by atoms with Gasteiger partial charge in [0.2, 0.25) is 0 Å². The Balaban J connectivity index is 2.26. The van der Waals surface area contributed by atoms with Gasteiger partial charge in [0.1, 0.15) is 10.6 Å². The molecule has 0 atom stereocenters. The Morgan fingerprint density at radius 3 is 2.37 bits per heavy atom. The van der Waals surface area contributed by atoms with Crippen LogP contribution in [-0.2, 0) is 19.5 Å². The van der Waals surface area contributed by atoms with Crippen LogP contribution in [0, 0.1) is 0 Å². The summed E-state index contributed by atoms with van der Waals surface area (Å²) in [5.41, 5.74) is 0.894. The van der Waals surface area contributed by atoms with E-state index in [0.717, 1.165) is 0 Å². The van der Waals surface area contributed by atoms with Gasteiger partial charge in [0.15, 0.2) is 0 Å². The SMILES string of the molecule is COC(=O)c1ccc(NCCCOC(C)C)c(S(=O)(=O)Nc2ccc(OC)cc2)c1. The number of hydrogen-bond donors (Lipinski definition) is 2. The van der Waals surface area contributed by atoms with Crippen molar-refractivity contribution in [2.24, 2.45) is 0 Å². The summed E-state index contributed by atoms with van der Waals surface area (Å²) in [5, 5.41) is 3.11. The molecule has 0 heterocycles. The Bertz CT molecular complexity index is 942. The lowest BCUT2D eigenvalue weighted by Crippen LogP contribution is -2.17. The lowest BCUT2D eigenvalue weighted by atomic mass is 10.2. The maximum atomic E-state index is 13.1. The van der Waals surface area contributed by atoms with Gasteiger partial charge >= 0.3 is 5.97 Å². The van der Waals surface area contributed by atoms with E-state index in [2.05, 4.69) is 10.0 Å². The molecule has 9 heteroatoms. The number of methoxy groups -OCH3 is 2. The minimum atomic E-state index is -3.98. The fraction of sp³-hybridized carbons (Fsp3) is 0.381. The summed E-state index contributed by atoms with van der Waals surface area (Å²) in [6.45, 7) is 4.97. The Morgan fingerprint density at radius 2 is 1.77 bits per heavy atom. The Hall–Kier alpha value is -2.78. The van der Waals surface area contributed by atoms with E-state index in [1.54, 1.807) is 30.3 Å². The predicted octanol–water partition coefficient (Wildman–Crippen LogP) is 3.51. The third-order valence-corrected chi connectivity index (χ3v) is 5.54. The number of ether oxygens (including phenoxy) is 3. The maximum absolute atomic E-state index is 13.1. The van der Waals surface area contributed by atoms with Crippen molar-refractivity contribution in [1.82, 2.24) is 0 Å². The highest BCUT2D eigenvalue weighted by Gasteiger charge is 2.21. The van der Waals surface area contributed by atoms with Crippen molar-refractivity contribution in [1.29, 1.82) is 0 Å². The summed E-state index contributed by atoms with van der Waals surface area (Å²) in [6.07, 6.45) is 0.830. The normalized spacial score (nSPS) is 11.2. The second-order valence-corrected chi connectivity index (χ2v) is 8.39. The fourth-order valence-corrected chi connectivity index (χ4v) is 3.89. The van der Waals surface area contributed by atoms with E-state index in [1.165, 1.54) is 26.4 Å². The first-order chi connectivity index (χ1) is 14.3. The molecule has 0 saturated heterocycles. The molecule has 30 heavy (non-hydrogen) atoms. The highest BCUT2D eigenvalue weighted by atomic mass is 32.2. The zero-order valence-electron chi connectivity index (χ0n) is 17.6. The van der Waals surface area contributed by atoms with Gasteiger partial charge in [-0.1, -0.05) is 0 Å². The van der Waals surface area contributed by atoms with Gasteiger partial charge in [-0.25, -0.2) is 13.2 Å². The van der Waals surface area contributed by atoms with Gasteiger partial charge in [-0.05, 0) is 62.7 Å². The highest BCUT2D eigenvalue weighted by Crippen LogP contribution is 2.26. The smallest absolute Gasteiger partial charge is 0.337 e. The fourth-order valence-electron chi connectivity index (χ4n) is 2.62. The highest BCUT2D eigenvalue weighted by molar-refractivity contribution is 7.92. The zero-order chi connectivity index (χ0) is 22.1. The Labute approximate surface area is 177 Å². The third-order valence-electron chi connectivity index (χ3n) is 4.12. The molecular weight excluding hydrogens is 408 g/mol. The van der Waals surface area contributed by atoms with Crippen molar-refractivity contribution < 1.29 is 27.4 Å². The standard InChI is InChI=1S/C21H28N2O6S/c1-15(2)29-13-5-12-22-19-11-6-16(21(24)28-4)14-20(19)30(25,26)23-17-7-9-18(27-3)10-8-17/h6-11,14-15,22-23H,5,12-13H2,1-4H3. The van der Waals surface area contributed by atoms with Crippen molar-refractivity contribution in [3.8, 4) is 5.75 Å². The van der Waals surface area contributed by atoms with E-state index < -0.39 is 16.0 Å². The maximum Gasteiger partial charge on any atom is 0.337 e. The quantitative estimate of drug-likeness (QED) is 0.410. The molecule has 0 spiro atoms. The summed E-state index contributed by atoms with van der Waals surface area (Å²) in [7, 11) is -1.20. The number of sulfonamides is 1. The van der Waals surface area contributed by atoms with Gasteiger partial charge in [-0.15, -0.1) is 0 Å². The van der Waals surface area contributed by atoms with E-state index >= 15 is 0 Å². The van der Waals surface area contributed by atoms with Crippen molar-refractivity contribution in [3.63, 3.8) is 0 Å². The zero-order valence-corrected chi connectivity index (χ0v) is 18.4. The number of hydrogen-bond acceptors (Lipinski definition) is 7. The van der Waals surface area contributed by atoms with Crippen LogP contribution in [0.25, 0.3) is 0 Å². The Kier molecular flexibility index (Phi) is 8.49. The van der Waals surface area contributed by atoms with Crippen molar-refractivity contribution >= 4 is 27.4 Å². The predicted molar refractivity (Wildman–Crippen MR) is 116 cm³/mol. The lowest BCUT2D eigenvalue weighted by molar-refractivity contribution is 0.0600. The number of anilines is 2. The van der Waals surface area contributed by atoms with Crippen LogP contribution in [0.2, 0.25) is 0 Å². The molecule has 164 valence electrons. The van der Waals surface area contributed by atoms with E-state index in [0.29, 0.717) is 36.7 Å². The van der Waals surface area contributed by atoms with Crippen LogP contribution in [0.15, 0.2) is 47.4 Å². The average molecular weight is 437 g/mol. The van der Waals surface area contributed by atoms with E-state index in [4.69, 9.17) is 14.2 Å². The number of carbonyl (C=O) groups excluding carboxylic acids is 1. The monoisotopic (exact) mass is 436 g/mol. The Morgan fingerprint density at radius 1 is 1.07 bits per heavy atom. The summed E-state index contributed by atoms with van der Waals surface area (Å²) >= 11 is 0.